The maximum absolute atomic E-state index is 13.9. The molecule has 31 heavy (non-hydrogen) atoms. The van der Waals surface area contributed by atoms with Gasteiger partial charge in [-0.15, -0.1) is 0 Å². The minimum absolute atomic E-state index is 0.00717. The van der Waals surface area contributed by atoms with Gasteiger partial charge >= 0.3 is 6.18 Å². The summed E-state index contributed by atoms with van der Waals surface area (Å²) in [5.41, 5.74) is 0.905. The third kappa shape index (κ3) is 3.60. The van der Waals surface area contributed by atoms with E-state index in [2.05, 4.69) is 10.1 Å². The Hall–Kier alpha value is -3.16. The molecule has 0 aromatic carbocycles. The van der Waals surface area contributed by atoms with Gasteiger partial charge in [-0.3, -0.25) is 4.79 Å². The van der Waals surface area contributed by atoms with Crippen molar-refractivity contribution in [1.82, 2.24) is 19.5 Å². The van der Waals surface area contributed by atoms with Gasteiger partial charge in [0.2, 0.25) is 0 Å². The number of fused-ring (bicyclic) bond motifs is 2. The number of halogens is 3. The van der Waals surface area contributed by atoms with Gasteiger partial charge in [0.05, 0.1) is 5.69 Å². The minimum Gasteiger partial charge on any atom is -0.337 e. The number of nitrogens with zero attached hydrogens (tertiary/aromatic N) is 4. The first-order valence-corrected chi connectivity index (χ1v) is 10.4. The Morgan fingerprint density at radius 2 is 1.87 bits per heavy atom. The van der Waals surface area contributed by atoms with Crippen LogP contribution in [0, 0.1) is 5.92 Å². The Kier molecular flexibility index (Phi) is 4.79. The molecule has 3 heterocycles. The average molecular weight is 426 g/mol. The van der Waals surface area contributed by atoms with E-state index in [0.29, 0.717) is 18.7 Å². The molecular weight excluding hydrogens is 405 g/mol. The molecule has 8 heteroatoms. The number of carbonyl (C=O) groups excluding carboxylic acids is 1. The molecule has 1 aliphatic heterocycles. The predicted molar refractivity (Wildman–Crippen MR) is 110 cm³/mol. The van der Waals surface area contributed by atoms with E-state index in [0.717, 1.165) is 41.8 Å². The van der Waals surface area contributed by atoms with E-state index in [1.54, 1.807) is 11.0 Å². The van der Waals surface area contributed by atoms with Crippen molar-refractivity contribution in [3.05, 3.63) is 71.2 Å². The van der Waals surface area contributed by atoms with Crippen LogP contribution in [0.2, 0.25) is 0 Å². The minimum atomic E-state index is -4.64. The van der Waals surface area contributed by atoms with Gasteiger partial charge in [0.25, 0.3) is 5.91 Å². The van der Waals surface area contributed by atoms with Crippen molar-refractivity contribution in [3.8, 4) is 0 Å². The van der Waals surface area contributed by atoms with Crippen molar-refractivity contribution in [2.75, 3.05) is 13.1 Å². The maximum Gasteiger partial charge on any atom is 0.433 e. The van der Waals surface area contributed by atoms with Crippen LogP contribution in [0.15, 0.2) is 54.2 Å². The van der Waals surface area contributed by atoms with Crippen molar-refractivity contribution in [1.29, 1.82) is 0 Å². The second kappa shape index (κ2) is 7.51. The summed E-state index contributed by atoms with van der Waals surface area (Å²) in [5, 5.41) is 4.01. The summed E-state index contributed by atoms with van der Waals surface area (Å²) in [7, 11) is 0. The molecule has 3 aliphatic rings. The van der Waals surface area contributed by atoms with Crippen LogP contribution in [0.25, 0.3) is 11.2 Å². The molecule has 5 rings (SSSR count). The van der Waals surface area contributed by atoms with Crippen molar-refractivity contribution in [2.45, 2.75) is 31.9 Å². The maximum atomic E-state index is 13.9. The van der Waals surface area contributed by atoms with Crippen LogP contribution < -0.4 is 0 Å². The molecule has 1 amide bonds. The number of alkyl halides is 3. The Balaban J connectivity index is 1.62. The lowest BCUT2D eigenvalue weighted by Gasteiger charge is -2.25. The van der Waals surface area contributed by atoms with Crippen LogP contribution in [-0.2, 0) is 6.18 Å². The summed E-state index contributed by atoms with van der Waals surface area (Å²) in [5.74, 6) is -0.224. The molecule has 160 valence electrons. The first kappa shape index (κ1) is 19.8. The van der Waals surface area contributed by atoms with Gasteiger partial charge in [-0.05, 0) is 37.3 Å². The third-order valence-corrected chi connectivity index (χ3v) is 5.97. The Morgan fingerprint density at radius 3 is 2.65 bits per heavy atom. The molecule has 2 aromatic heterocycles. The normalized spacial score (nSPS) is 21.1. The van der Waals surface area contributed by atoms with Gasteiger partial charge in [0.1, 0.15) is 0 Å². The molecule has 5 nitrogen and oxygen atoms in total. The van der Waals surface area contributed by atoms with Gasteiger partial charge in [-0.2, -0.15) is 18.3 Å². The van der Waals surface area contributed by atoms with Crippen LogP contribution in [0.3, 0.4) is 0 Å². The first-order chi connectivity index (χ1) is 14.9. The number of carbonyl (C=O) groups is 1. The lowest BCUT2D eigenvalue weighted by molar-refractivity contribution is -0.142. The van der Waals surface area contributed by atoms with Gasteiger partial charge in [-0.25, -0.2) is 9.50 Å². The molecular formula is C23H21F3N4O. The van der Waals surface area contributed by atoms with Crippen LogP contribution in [-0.4, -0.2) is 38.5 Å². The fraction of sp³-hybridized carbons (Fsp3) is 0.348. The van der Waals surface area contributed by atoms with Crippen LogP contribution in [0.1, 0.15) is 47.6 Å². The van der Waals surface area contributed by atoms with Crippen molar-refractivity contribution in [2.24, 2.45) is 5.92 Å². The van der Waals surface area contributed by atoms with E-state index in [1.165, 1.54) is 6.07 Å². The second-order valence-electron chi connectivity index (χ2n) is 8.03. The SMILES string of the molecule is O=C(c1cc2nc(C3=CC=CC4CC=CC=C34)cc(C(F)(F)F)n2n1)N1CCCCC1. The molecule has 0 spiro atoms. The van der Waals surface area contributed by atoms with Crippen molar-refractivity contribution >= 4 is 17.1 Å². The molecule has 0 saturated carbocycles. The lowest BCUT2D eigenvalue weighted by atomic mass is 9.82. The summed E-state index contributed by atoms with van der Waals surface area (Å²) in [4.78, 5) is 18.9. The molecule has 0 N–H and O–H groups in total. The van der Waals surface area contributed by atoms with E-state index >= 15 is 0 Å². The lowest BCUT2D eigenvalue weighted by Crippen LogP contribution is -2.35. The molecule has 1 atom stereocenters. The highest BCUT2D eigenvalue weighted by atomic mass is 19.4. The highest BCUT2D eigenvalue weighted by Gasteiger charge is 2.36. The topological polar surface area (TPSA) is 50.5 Å². The summed E-state index contributed by atoms with van der Waals surface area (Å²) in [6.45, 7) is 1.19. The highest BCUT2D eigenvalue weighted by molar-refractivity contribution is 5.93. The number of likely N-dealkylation sites (tertiary alicyclic amines) is 1. The number of hydrogen-bond acceptors (Lipinski definition) is 3. The van der Waals surface area contributed by atoms with Crippen molar-refractivity contribution in [3.63, 3.8) is 0 Å². The molecule has 0 bridgehead atoms. The summed E-state index contributed by atoms with van der Waals surface area (Å²) < 4.78 is 42.5. The fourth-order valence-electron chi connectivity index (χ4n) is 4.41. The predicted octanol–water partition coefficient (Wildman–Crippen LogP) is 4.83. The average Bonchev–Trinajstić information content (AvgIpc) is 3.21. The monoisotopic (exact) mass is 426 g/mol. The Labute approximate surface area is 177 Å². The second-order valence-corrected chi connectivity index (χ2v) is 8.03. The van der Waals surface area contributed by atoms with E-state index in [-0.39, 0.29) is 28.9 Å². The number of amides is 1. The zero-order chi connectivity index (χ0) is 21.6. The molecule has 1 saturated heterocycles. The van der Waals surface area contributed by atoms with Crippen LogP contribution >= 0.6 is 0 Å². The largest absolute Gasteiger partial charge is 0.433 e. The van der Waals surface area contributed by atoms with E-state index in [1.807, 2.05) is 30.4 Å². The standard InChI is InChI=1S/C23H21F3N4O/c24-23(25,26)20-13-18(17-10-6-8-15-7-2-3-9-16(15)17)27-21-14-19(28-30(20)21)22(31)29-11-4-1-5-12-29/h2-3,6,8-10,13-15H,1,4-5,7,11-12H2. The molecule has 1 fully saturated rings. The summed E-state index contributed by atoms with van der Waals surface area (Å²) in [6.07, 6.45) is 10.5. The van der Waals surface area contributed by atoms with Gasteiger partial charge in [-0.1, -0.05) is 36.5 Å². The first-order valence-electron chi connectivity index (χ1n) is 10.4. The van der Waals surface area contributed by atoms with Crippen LogP contribution in [0.4, 0.5) is 13.2 Å². The number of rotatable bonds is 2. The van der Waals surface area contributed by atoms with Gasteiger partial charge < -0.3 is 4.90 Å². The molecule has 2 aromatic rings. The smallest absolute Gasteiger partial charge is 0.337 e. The number of piperidine rings is 1. The zero-order valence-corrected chi connectivity index (χ0v) is 16.8. The summed E-state index contributed by atoms with van der Waals surface area (Å²) in [6, 6.07) is 2.39. The fourth-order valence-corrected chi connectivity index (χ4v) is 4.41. The molecule has 1 unspecified atom stereocenters. The van der Waals surface area contributed by atoms with Gasteiger partial charge in [0.15, 0.2) is 17.0 Å². The highest BCUT2D eigenvalue weighted by Crippen LogP contribution is 2.38. The van der Waals surface area contributed by atoms with E-state index in [4.69, 9.17) is 0 Å². The molecule has 0 radical (unpaired) electrons. The molecule has 2 aliphatic carbocycles. The number of aromatic nitrogens is 3. The Bertz CT molecular complexity index is 1160. The Morgan fingerprint density at radius 1 is 1.06 bits per heavy atom. The third-order valence-electron chi connectivity index (χ3n) is 5.97. The van der Waals surface area contributed by atoms with E-state index < -0.39 is 11.9 Å². The number of allylic oxidation sites excluding steroid dienone is 8. The van der Waals surface area contributed by atoms with E-state index in [9.17, 15) is 18.0 Å². The quantitative estimate of drug-likeness (QED) is 0.691. The van der Waals surface area contributed by atoms with Crippen molar-refractivity contribution < 1.29 is 18.0 Å². The number of hydrogen-bond donors (Lipinski definition) is 0. The zero-order valence-electron chi connectivity index (χ0n) is 16.8. The van der Waals surface area contributed by atoms with Crippen LogP contribution in [0.5, 0.6) is 0 Å². The summed E-state index contributed by atoms with van der Waals surface area (Å²) >= 11 is 0. The van der Waals surface area contributed by atoms with Gasteiger partial charge in [0, 0.05) is 30.6 Å².